The number of methoxy groups -OCH3 is 1. The van der Waals surface area contributed by atoms with Gasteiger partial charge in [0.2, 0.25) is 0 Å². The van der Waals surface area contributed by atoms with Gasteiger partial charge in [-0.3, -0.25) is 9.59 Å². The molecule has 0 unspecified atom stereocenters. The Morgan fingerprint density at radius 2 is 1.60 bits per heavy atom. The molecular formula is C33H63NO6Si2. The minimum Gasteiger partial charge on any atom is -0.469 e. The van der Waals surface area contributed by atoms with Crippen LogP contribution >= 0.6 is 0 Å². The van der Waals surface area contributed by atoms with Crippen molar-refractivity contribution in [3.8, 4) is 0 Å². The normalized spacial score (nSPS) is 21.8. The first-order valence-electron chi connectivity index (χ1n) is 16.1. The molecular weight excluding hydrogens is 563 g/mol. The van der Waals surface area contributed by atoms with Gasteiger partial charge in [0.05, 0.1) is 25.0 Å². The van der Waals surface area contributed by atoms with E-state index < -0.39 is 16.6 Å². The van der Waals surface area contributed by atoms with Gasteiger partial charge in [-0.25, -0.2) is 0 Å². The molecule has 1 aliphatic rings. The largest absolute Gasteiger partial charge is 0.469 e. The molecule has 244 valence electrons. The fraction of sp³-hybridized carbons (Fsp3) is 0.848. The third-order valence-corrected chi connectivity index (χ3v) is 18.8. The second-order valence-corrected chi connectivity index (χ2v) is 24.7. The first-order chi connectivity index (χ1) is 19.3. The number of rotatable bonds is 17. The molecule has 1 aliphatic carbocycles. The Morgan fingerprint density at radius 3 is 2.12 bits per heavy atom. The van der Waals surface area contributed by atoms with Crippen LogP contribution in [-0.4, -0.2) is 58.6 Å². The first-order valence-corrected chi connectivity index (χ1v) is 21.9. The molecule has 4 atom stereocenters. The van der Waals surface area contributed by atoms with E-state index in [2.05, 4.69) is 92.0 Å². The molecule has 42 heavy (non-hydrogen) atoms. The number of Topliss-reactive ketones (excluding diaryl/α,β-unsaturated/α-hetero) is 1. The molecule has 0 saturated heterocycles. The van der Waals surface area contributed by atoms with E-state index in [1.165, 1.54) is 13.5 Å². The van der Waals surface area contributed by atoms with Crippen molar-refractivity contribution in [2.45, 2.75) is 161 Å². The minimum absolute atomic E-state index is 0.00776. The average Bonchev–Trinajstić information content (AvgIpc) is 3.15. The number of ether oxygens (including phenoxy) is 1. The summed E-state index contributed by atoms with van der Waals surface area (Å²) < 4.78 is 18.5. The fourth-order valence-electron chi connectivity index (χ4n) is 4.89. The Hall–Kier alpha value is -1.30. The highest BCUT2D eigenvalue weighted by Gasteiger charge is 2.47. The molecule has 0 aromatic rings. The number of hydrogen-bond acceptors (Lipinski definition) is 7. The molecule has 0 radical (unpaired) electrons. The van der Waals surface area contributed by atoms with Crippen LogP contribution in [0.4, 0.5) is 0 Å². The zero-order valence-corrected chi connectivity index (χ0v) is 31.0. The van der Waals surface area contributed by atoms with Gasteiger partial charge in [0.15, 0.2) is 16.6 Å². The van der Waals surface area contributed by atoms with E-state index in [1.54, 1.807) is 0 Å². The van der Waals surface area contributed by atoms with Crippen molar-refractivity contribution >= 4 is 34.1 Å². The molecule has 0 aromatic heterocycles. The van der Waals surface area contributed by atoms with E-state index in [-0.39, 0.29) is 45.9 Å². The quantitative estimate of drug-likeness (QED) is 0.0330. The van der Waals surface area contributed by atoms with E-state index in [9.17, 15) is 14.8 Å². The number of nitrogens with zero attached hydrogens (tertiary/aromatic N) is 1. The zero-order valence-electron chi connectivity index (χ0n) is 29.0. The van der Waals surface area contributed by atoms with Crippen LogP contribution < -0.4 is 0 Å². The summed E-state index contributed by atoms with van der Waals surface area (Å²) in [6.45, 7) is 24.7. The second kappa shape index (κ2) is 16.7. The van der Waals surface area contributed by atoms with Crippen LogP contribution in [0.5, 0.6) is 0 Å². The van der Waals surface area contributed by atoms with Crippen molar-refractivity contribution in [1.29, 1.82) is 0 Å². The number of carbonyl (C=O) groups is 2. The van der Waals surface area contributed by atoms with Gasteiger partial charge in [-0.15, -0.1) is 0 Å². The summed E-state index contributed by atoms with van der Waals surface area (Å²) in [6.07, 6.45) is 11.5. The van der Waals surface area contributed by atoms with Crippen LogP contribution in [-0.2, 0) is 23.2 Å². The lowest BCUT2D eigenvalue weighted by molar-refractivity contribution is -0.140. The molecule has 1 N–H and O–H groups in total. The Bertz CT molecular complexity index is 916. The van der Waals surface area contributed by atoms with Crippen LogP contribution in [0.3, 0.4) is 0 Å². The molecule has 7 nitrogen and oxygen atoms in total. The molecule has 9 heteroatoms. The van der Waals surface area contributed by atoms with Crippen molar-refractivity contribution in [2.24, 2.45) is 17.0 Å². The lowest BCUT2D eigenvalue weighted by Gasteiger charge is -2.40. The SMILES string of the molecule is CCCCC[C@@H](/C=C/[C@H]1[C@H](O[Si](C)(C)C(C)(C)C)CC(=O)[C@@H]1CC(CCCCC(=O)OC)=NO)O[Si](C)(C)C(C)(C)C. The van der Waals surface area contributed by atoms with Crippen LogP contribution in [0.1, 0.15) is 113 Å². The van der Waals surface area contributed by atoms with Crippen molar-refractivity contribution < 1.29 is 28.4 Å². The minimum atomic E-state index is -2.14. The van der Waals surface area contributed by atoms with Crippen molar-refractivity contribution in [3.63, 3.8) is 0 Å². The van der Waals surface area contributed by atoms with Crippen LogP contribution in [0.2, 0.25) is 36.3 Å². The van der Waals surface area contributed by atoms with E-state index in [4.69, 9.17) is 13.6 Å². The van der Waals surface area contributed by atoms with Gasteiger partial charge in [0, 0.05) is 24.7 Å². The maximum Gasteiger partial charge on any atom is 0.305 e. The predicted octanol–water partition coefficient (Wildman–Crippen LogP) is 9.06. The van der Waals surface area contributed by atoms with Gasteiger partial charge in [0.1, 0.15) is 5.78 Å². The topological polar surface area (TPSA) is 94.4 Å². The molecule has 0 amide bonds. The Morgan fingerprint density at radius 1 is 1.00 bits per heavy atom. The third kappa shape index (κ3) is 12.0. The molecule has 0 bridgehead atoms. The molecule has 0 aliphatic heterocycles. The van der Waals surface area contributed by atoms with Gasteiger partial charge in [-0.1, -0.05) is 85.0 Å². The number of esters is 1. The number of ketones is 1. The van der Waals surface area contributed by atoms with Crippen molar-refractivity contribution in [1.82, 2.24) is 0 Å². The molecule has 1 saturated carbocycles. The Balaban J connectivity index is 3.31. The van der Waals surface area contributed by atoms with E-state index in [0.717, 1.165) is 19.3 Å². The lowest BCUT2D eigenvalue weighted by Crippen LogP contribution is -2.45. The Kier molecular flexibility index (Phi) is 15.4. The Labute approximate surface area is 259 Å². The second-order valence-electron chi connectivity index (χ2n) is 15.2. The fourth-order valence-corrected chi connectivity index (χ4v) is 7.55. The van der Waals surface area contributed by atoms with Gasteiger partial charge < -0.3 is 18.8 Å². The van der Waals surface area contributed by atoms with E-state index in [0.29, 0.717) is 44.2 Å². The third-order valence-electron chi connectivity index (χ3n) is 9.78. The number of oxime groups is 1. The van der Waals surface area contributed by atoms with Crippen molar-refractivity contribution in [2.75, 3.05) is 7.11 Å². The summed E-state index contributed by atoms with van der Waals surface area (Å²) in [7, 11) is -2.76. The van der Waals surface area contributed by atoms with Gasteiger partial charge in [-0.05, 0) is 68.4 Å². The summed E-state index contributed by atoms with van der Waals surface area (Å²) in [4.78, 5) is 25.0. The zero-order chi connectivity index (χ0) is 32.4. The number of hydrogen-bond donors (Lipinski definition) is 1. The van der Waals surface area contributed by atoms with Gasteiger partial charge in [0.25, 0.3) is 0 Å². The predicted molar refractivity (Wildman–Crippen MR) is 178 cm³/mol. The highest BCUT2D eigenvalue weighted by atomic mass is 28.4. The van der Waals surface area contributed by atoms with Crippen LogP contribution in [0, 0.1) is 11.8 Å². The standard InChI is InChI=1S/C33H63NO6Si2/c1-13-14-15-19-26(39-41(9,10)32(2,3)4)21-22-27-28(23-25(34-37)18-16-17-20-31(36)38-8)29(35)24-30(27)40-42(11,12)33(5,6)7/h21-22,26-28,30,37H,13-20,23-24H2,1-12H3/b22-21+,34-25?/t26-,27+,28+,30+/m0/s1. The molecule has 0 heterocycles. The summed E-state index contributed by atoms with van der Waals surface area (Å²) in [5.74, 6) is -0.508. The lowest BCUT2D eigenvalue weighted by atomic mass is 9.87. The molecule has 0 aromatic carbocycles. The van der Waals surface area contributed by atoms with E-state index >= 15 is 0 Å². The molecule has 1 rings (SSSR count). The van der Waals surface area contributed by atoms with Crippen LogP contribution in [0.25, 0.3) is 0 Å². The number of unbranched alkanes of at least 4 members (excludes halogenated alkanes) is 3. The smallest absolute Gasteiger partial charge is 0.305 e. The summed E-state index contributed by atoms with van der Waals surface area (Å²) in [6, 6.07) is 0. The maximum atomic E-state index is 13.5. The van der Waals surface area contributed by atoms with Gasteiger partial charge >= 0.3 is 5.97 Å². The average molecular weight is 626 g/mol. The van der Waals surface area contributed by atoms with Crippen LogP contribution in [0.15, 0.2) is 17.3 Å². The number of carbonyl (C=O) groups excluding carboxylic acids is 2. The molecule has 0 spiro atoms. The van der Waals surface area contributed by atoms with Crippen molar-refractivity contribution in [3.05, 3.63) is 12.2 Å². The summed E-state index contributed by atoms with van der Waals surface area (Å²) >= 11 is 0. The summed E-state index contributed by atoms with van der Waals surface area (Å²) in [5.41, 5.74) is 0.599. The van der Waals surface area contributed by atoms with E-state index in [1.807, 2.05) is 0 Å². The summed E-state index contributed by atoms with van der Waals surface area (Å²) in [5, 5.41) is 13.6. The van der Waals surface area contributed by atoms with Gasteiger partial charge in [-0.2, -0.15) is 0 Å². The highest BCUT2D eigenvalue weighted by molar-refractivity contribution is 6.74. The first kappa shape index (κ1) is 38.7. The maximum absolute atomic E-state index is 13.5. The molecule has 1 fully saturated rings. The highest BCUT2D eigenvalue weighted by Crippen LogP contribution is 2.43. The monoisotopic (exact) mass is 625 g/mol.